The van der Waals surface area contributed by atoms with Gasteiger partial charge in [-0.1, -0.05) is 13.8 Å². The molecular formula is C17H26N2O6. The summed E-state index contributed by atoms with van der Waals surface area (Å²) in [7, 11) is 0. The molecular weight excluding hydrogens is 328 g/mol. The standard InChI is InChI=1S/C17H26N2O6/c1-10(2)8-11(17(22)23)19-9-12-24-13(14(25-12)16(19)21)15(20)18-6-4-3-5-7-18/h10-14H,3-9H2,1-2H3,(H,22,23)/t11-,12+,13+,14+/m0/s1. The van der Waals surface area contributed by atoms with Gasteiger partial charge in [0.1, 0.15) is 6.04 Å². The number of piperidine rings is 1. The molecule has 0 aromatic carbocycles. The Morgan fingerprint density at radius 2 is 1.88 bits per heavy atom. The maximum Gasteiger partial charge on any atom is 0.326 e. The predicted octanol–water partition coefficient (Wildman–Crippen LogP) is 0.451. The summed E-state index contributed by atoms with van der Waals surface area (Å²) >= 11 is 0. The van der Waals surface area contributed by atoms with Gasteiger partial charge < -0.3 is 24.4 Å². The molecule has 0 aromatic heterocycles. The largest absolute Gasteiger partial charge is 0.480 e. The number of carboxylic acid groups (broad SMARTS) is 1. The molecule has 1 N–H and O–H groups in total. The number of carboxylic acids is 1. The summed E-state index contributed by atoms with van der Waals surface area (Å²) in [5.41, 5.74) is 0. The number of hydrogen-bond acceptors (Lipinski definition) is 5. The van der Waals surface area contributed by atoms with Crippen LogP contribution in [0, 0.1) is 5.92 Å². The third kappa shape index (κ3) is 3.64. The lowest BCUT2D eigenvalue weighted by Gasteiger charge is -2.35. The Morgan fingerprint density at radius 3 is 2.48 bits per heavy atom. The summed E-state index contributed by atoms with van der Waals surface area (Å²) in [6.07, 6.45) is 0.601. The van der Waals surface area contributed by atoms with Crippen molar-refractivity contribution in [2.75, 3.05) is 19.6 Å². The van der Waals surface area contributed by atoms with Crippen LogP contribution in [0.5, 0.6) is 0 Å². The highest BCUT2D eigenvalue weighted by atomic mass is 16.7. The van der Waals surface area contributed by atoms with E-state index in [-0.39, 0.29) is 18.4 Å². The Hall–Kier alpha value is -1.67. The first-order chi connectivity index (χ1) is 11.9. The fourth-order valence-corrected chi connectivity index (χ4v) is 3.76. The maximum atomic E-state index is 12.8. The zero-order chi connectivity index (χ0) is 18.1. The van der Waals surface area contributed by atoms with Gasteiger partial charge >= 0.3 is 5.97 Å². The minimum atomic E-state index is -1.04. The van der Waals surface area contributed by atoms with Crippen molar-refractivity contribution in [1.82, 2.24) is 9.80 Å². The van der Waals surface area contributed by atoms with Crippen LogP contribution in [0.2, 0.25) is 0 Å². The van der Waals surface area contributed by atoms with Gasteiger partial charge in [0.15, 0.2) is 18.5 Å². The topological polar surface area (TPSA) is 96.4 Å². The molecule has 3 heterocycles. The van der Waals surface area contributed by atoms with Gasteiger partial charge in [0, 0.05) is 13.1 Å². The molecule has 0 saturated carbocycles. The first-order valence-electron chi connectivity index (χ1n) is 9.01. The number of hydrogen-bond donors (Lipinski definition) is 1. The summed E-state index contributed by atoms with van der Waals surface area (Å²) in [4.78, 5) is 40.2. The van der Waals surface area contributed by atoms with Crippen molar-refractivity contribution in [2.45, 2.75) is 64.1 Å². The van der Waals surface area contributed by atoms with Crippen molar-refractivity contribution in [2.24, 2.45) is 5.92 Å². The van der Waals surface area contributed by atoms with Gasteiger partial charge in [0.05, 0.1) is 6.54 Å². The third-order valence-electron chi connectivity index (χ3n) is 5.01. The molecule has 3 rings (SSSR count). The molecule has 0 aromatic rings. The van der Waals surface area contributed by atoms with Crippen LogP contribution in [0.3, 0.4) is 0 Å². The van der Waals surface area contributed by atoms with Crippen LogP contribution in [0.4, 0.5) is 0 Å². The number of aliphatic carboxylic acids is 1. The Bertz CT molecular complexity index is 545. The van der Waals surface area contributed by atoms with E-state index in [4.69, 9.17) is 9.47 Å². The third-order valence-corrected chi connectivity index (χ3v) is 5.01. The van der Waals surface area contributed by atoms with Crippen molar-refractivity contribution >= 4 is 17.8 Å². The fraction of sp³-hybridized carbons (Fsp3) is 0.824. The van der Waals surface area contributed by atoms with Crippen LogP contribution in [0.15, 0.2) is 0 Å². The first kappa shape index (κ1) is 18.1. The van der Waals surface area contributed by atoms with Gasteiger partial charge in [-0.3, -0.25) is 9.59 Å². The van der Waals surface area contributed by atoms with Crippen LogP contribution in [-0.2, 0) is 23.9 Å². The van der Waals surface area contributed by atoms with E-state index in [1.807, 2.05) is 13.8 Å². The Morgan fingerprint density at radius 1 is 1.20 bits per heavy atom. The number of carbonyl (C=O) groups excluding carboxylic acids is 2. The quantitative estimate of drug-likeness (QED) is 0.770. The van der Waals surface area contributed by atoms with E-state index >= 15 is 0 Å². The van der Waals surface area contributed by atoms with Crippen LogP contribution in [-0.4, -0.2) is 76.9 Å². The molecule has 3 aliphatic heterocycles. The van der Waals surface area contributed by atoms with E-state index in [2.05, 4.69) is 0 Å². The van der Waals surface area contributed by atoms with E-state index in [1.165, 1.54) is 4.90 Å². The molecule has 4 atom stereocenters. The van der Waals surface area contributed by atoms with E-state index < -0.39 is 36.4 Å². The molecule has 25 heavy (non-hydrogen) atoms. The second-order valence-electron chi connectivity index (χ2n) is 7.40. The van der Waals surface area contributed by atoms with Gasteiger partial charge in [-0.2, -0.15) is 0 Å². The molecule has 8 nitrogen and oxygen atoms in total. The number of morpholine rings is 1. The highest BCUT2D eigenvalue weighted by Gasteiger charge is 2.54. The number of fused-ring (bicyclic) bond motifs is 2. The maximum absolute atomic E-state index is 12.8. The summed E-state index contributed by atoms with van der Waals surface area (Å²) in [6, 6.07) is -0.922. The van der Waals surface area contributed by atoms with Gasteiger partial charge in [-0.15, -0.1) is 0 Å². The van der Waals surface area contributed by atoms with E-state index in [0.717, 1.165) is 19.3 Å². The minimum Gasteiger partial charge on any atom is -0.480 e. The van der Waals surface area contributed by atoms with Crippen molar-refractivity contribution in [3.05, 3.63) is 0 Å². The monoisotopic (exact) mass is 354 g/mol. The van der Waals surface area contributed by atoms with Crippen LogP contribution >= 0.6 is 0 Å². The number of likely N-dealkylation sites (tertiary alicyclic amines) is 1. The average molecular weight is 354 g/mol. The highest BCUT2D eigenvalue weighted by Crippen LogP contribution is 2.31. The fourth-order valence-electron chi connectivity index (χ4n) is 3.76. The molecule has 0 radical (unpaired) electrons. The SMILES string of the molecule is CC(C)C[C@@H](C(=O)O)N1C[C@@H]2O[C@@H](C(=O)N3CCCCC3)[C@@H](O2)C1=O. The smallest absolute Gasteiger partial charge is 0.326 e. The Kier molecular flexibility index (Phi) is 5.29. The second-order valence-corrected chi connectivity index (χ2v) is 7.40. The summed E-state index contributed by atoms with van der Waals surface area (Å²) in [6.45, 7) is 5.20. The van der Waals surface area contributed by atoms with E-state index in [1.54, 1.807) is 4.90 Å². The van der Waals surface area contributed by atoms with Gasteiger partial charge in [-0.25, -0.2) is 4.79 Å². The number of nitrogens with zero attached hydrogens (tertiary/aromatic N) is 2. The molecule has 140 valence electrons. The van der Waals surface area contributed by atoms with Crippen molar-refractivity contribution in [3.8, 4) is 0 Å². The molecule has 2 amide bonds. The average Bonchev–Trinajstić information content (AvgIpc) is 2.95. The van der Waals surface area contributed by atoms with Crippen molar-refractivity contribution in [1.29, 1.82) is 0 Å². The number of rotatable bonds is 5. The molecule has 3 saturated heterocycles. The predicted molar refractivity (Wildman–Crippen MR) is 86.6 cm³/mol. The lowest BCUT2D eigenvalue weighted by Crippen LogP contribution is -2.57. The highest BCUT2D eigenvalue weighted by molar-refractivity contribution is 5.94. The minimum absolute atomic E-state index is 0.0444. The lowest BCUT2D eigenvalue weighted by atomic mass is 10.0. The van der Waals surface area contributed by atoms with Gasteiger partial charge in [0.2, 0.25) is 0 Å². The summed E-state index contributed by atoms with van der Waals surface area (Å²) in [5, 5.41) is 9.51. The zero-order valence-electron chi connectivity index (χ0n) is 14.7. The Balaban J connectivity index is 1.74. The number of amides is 2. The van der Waals surface area contributed by atoms with Crippen LogP contribution < -0.4 is 0 Å². The second kappa shape index (κ2) is 7.29. The molecule has 3 fully saturated rings. The molecule has 2 bridgehead atoms. The molecule has 0 spiro atoms. The molecule has 0 unspecified atom stereocenters. The summed E-state index contributed by atoms with van der Waals surface area (Å²) in [5.74, 6) is -1.60. The van der Waals surface area contributed by atoms with Crippen molar-refractivity contribution in [3.63, 3.8) is 0 Å². The number of carbonyl (C=O) groups is 3. The summed E-state index contributed by atoms with van der Waals surface area (Å²) < 4.78 is 11.2. The van der Waals surface area contributed by atoms with Gasteiger partial charge in [-0.05, 0) is 31.6 Å². The van der Waals surface area contributed by atoms with Crippen molar-refractivity contribution < 1.29 is 29.0 Å². The Labute approximate surface area is 147 Å². The van der Waals surface area contributed by atoms with E-state index in [9.17, 15) is 19.5 Å². The lowest BCUT2D eigenvalue weighted by molar-refractivity contribution is -0.173. The zero-order valence-corrected chi connectivity index (χ0v) is 14.7. The molecule has 3 aliphatic rings. The van der Waals surface area contributed by atoms with Crippen LogP contribution in [0.1, 0.15) is 39.5 Å². The van der Waals surface area contributed by atoms with E-state index in [0.29, 0.717) is 19.5 Å². The first-order valence-corrected chi connectivity index (χ1v) is 9.01. The number of ether oxygens (including phenoxy) is 2. The van der Waals surface area contributed by atoms with Gasteiger partial charge in [0.25, 0.3) is 11.8 Å². The molecule has 0 aliphatic carbocycles. The molecule has 8 heteroatoms. The normalized spacial score (nSPS) is 30.7. The van der Waals surface area contributed by atoms with Crippen LogP contribution in [0.25, 0.3) is 0 Å².